The third-order valence-electron chi connectivity index (χ3n) is 3.33. The van der Waals surface area contributed by atoms with Gasteiger partial charge in [0, 0.05) is 24.0 Å². The van der Waals surface area contributed by atoms with Gasteiger partial charge in [-0.2, -0.15) is 11.8 Å². The molecule has 2 N–H and O–H groups in total. The first-order chi connectivity index (χ1) is 8.18. The Labute approximate surface area is 108 Å². The molecule has 96 valence electrons. The van der Waals surface area contributed by atoms with Gasteiger partial charge in [-0.1, -0.05) is 13.8 Å². The van der Waals surface area contributed by atoms with Crippen molar-refractivity contribution in [3.63, 3.8) is 0 Å². The fourth-order valence-electron chi connectivity index (χ4n) is 2.48. The van der Waals surface area contributed by atoms with Crippen molar-refractivity contribution in [3.05, 3.63) is 18.2 Å². The number of nitrogens with zero attached hydrogens (tertiary/aromatic N) is 2. The van der Waals surface area contributed by atoms with Crippen LogP contribution in [0.4, 0.5) is 0 Å². The molecular formula is C13H23N3S. The molecule has 1 aliphatic rings. The molecule has 1 aromatic heterocycles. The van der Waals surface area contributed by atoms with Crippen LogP contribution in [0.5, 0.6) is 0 Å². The first-order valence-electron chi connectivity index (χ1n) is 6.53. The summed E-state index contributed by atoms with van der Waals surface area (Å²) in [4.78, 5) is 4.30. The Hall–Kier alpha value is -0.480. The lowest BCUT2D eigenvalue weighted by Crippen LogP contribution is -2.22. The maximum atomic E-state index is 6.28. The van der Waals surface area contributed by atoms with Gasteiger partial charge in [-0.05, 0) is 30.9 Å². The van der Waals surface area contributed by atoms with E-state index in [1.165, 1.54) is 30.0 Å². The van der Waals surface area contributed by atoms with E-state index in [-0.39, 0.29) is 6.04 Å². The number of hydrogen-bond acceptors (Lipinski definition) is 3. The standard InChI is InChI=1S/C13H23N3S/c1-10(2)6-12(14)13-7-15-9-16(13)11-4-3-5-17-8-11/h7,9-12H,3-6,8,14H2,1-2H3. The van der Waals surface area contributed by atoms with Gasteiger partial charge in [0.25, 0.3) is 0 Å². The third-order valence-corrected chi connectivity index (χ3v) is 4.53. The molecule has 4 heteroatoms. The van der Waals surface area contributed by atoms with Gasteiger partial charge in [-0.15, -0.1) is 0 Å². The smallest absolute Gasteiger partial charge is 0.0951 e. The van der Waals surface area contributed by atoms with Crippen LogP contribution in [0.2, 0.25) is 0 Å². The molecule has 0 saturated carbocycles. The second-order valence-electron chi connectivity index (χ2n) is 5.33. The first-order valence-corrected chi connectivity index (χ1v) is 7.69. The fourth-order valence-corrected chi connectivity index (χ4v) is 3.62. The number of aromatic nitrogens is 2. The van der Waals surface area contributed by atoms with E-state index < -0.39 is 0 Å². The van der Waals surface area contributed by atoms with Crippen LogP contribution < -0.4 is 5.73 Å². The summed E-state index contributed by atoms with van der Waals surface area (Å²) in [6.45, 7) is 4.44. The molecule has 2 rings (SSSR count). The van der Waals surface area contributed by atoms with Crippen LogP contribution in [0, 0.1) is 5.92 Å². The molecule has 0 bridgehead atoms. The predicted octanol–water partition coefficient (Wildman–Crippen LogP) is 3.00. The van der Waals surface area contributed by atoms with Crippen molar-refractivity contribution in [2.75, 3.05) is 11.5 Å². The lowest BCUT2D eigenvalue weighted by Gasteiger charge is -2.26. The van der Waals surface area contributed by atoms with Crippen molar-refractivity contribution in [3.8, 4) is 0 Å². The first kappa shape index (κ1) is 13.0. The van der Waals surface area contributed by atoms with Gasteiger partial charge < -0.3 is 10.3 Å². The van der Waals surface area contributed by atoms with Crippen LogP contribution >= 0.6 is 11.8 Å². The summed E-state index contributed by atoms with van der Waals surface area (Å²) >= 11 is 2.05. The van der Waals surface area contributed by atoms with Gasteiger partial charge >= 0.3 is 0 Å². The summed E-state index contributed by atoms with van der Waals surface area (Å²) < 4.78 is 2.32. The van der Waals surface area contributed by atoms with Crippen molar-refractivity contribution in [1.29, 1.82) is 0 Å². The SMILES string of the molecule is CC(C)CC(N)c1cncn1C1CCCSC1. The molecule has 0 amide bonds. The molecule has 1 fully saturated rings. The molecule has 0 radical (unpaired) electrons. The summed E-state index contributed by atoms with van der Waals surface area (Å²) in [5, 5.41) is 0. The van der Waals surface area contributed by atoms with Crippen LogP contribution in [-0.2, 0) is 0 Å². The van der Waals surface area contributed by atoms with Gasteiger partial charge in [0.05, 0.1) is 12.0 Å². The van der Waals surface area contributed by atoms with Crippen molar-refractivity contribution < 1.29 is 0 Å². The molecule has 0 aliphatic carbocycles. The zero-order valence-electron chi connectivity index (χ0n) is 10.8. The Balaban J connectivity index is 2.09. The van der Waals surface area contributed by atoms with Crippen LogP contribution in [0.25, 0.3) is 0 Å². The Morgan fingerprint density at radius 2 is 2.41 bits per heavy atom. The highest BCUT2D eigenvalue weighted by molar-refractivity contribution is 7.99. The van der Waals surface area contributed by atoms with Crippen LogP contribution in [0.3, 0.4) is 0 Å². The Morgan fingerprint density at radius 3 is 3.06 bits per heavy atom. The topological polar surface area (TPSA) is 43.8 Å². The summed E-state index contributed by atoms with van der Waals surface area (Å²) in [5.74, 6) is 3.14. The molecule has 17 heavy (non-hydrogen) atoms. The zero-order chi connectivity index (χ0) is 12.3. The molecule has 1 saturated heterocycles. The Bertz CT molecular complexity index is 342. The second kappa shape index (κ2) is 5.91. The number of thioether (sulfide) groups is 1. The lowest BCUT2D eigenvalue weighted by atomic mass is 10.0. The third kappa shape index (κ3) is 3.26. The normalized spacial score (nSPS) is 22.9. The molecule has 1 aromatic rings. The van der Waals surface area contributed by atoms with E-state index in [0.29, 0.717) is 12.0 Å². The lowest BCUT2D eigenvalue weighted by molar-refractivity contribution is 0.440. The highest BCUT2D eigenvalue weighted by atomic mass is 32.2. The predicted molar refractivity (Wildman–Crippen MR) is 74.2 cm³/mol. The van der Waals surface area contributed by atoms with E-state index in [2.05, 4.69) is 23.4 Å². The van der Waals surface area contributed by atoms with Crippen LogP contribution in [-0.4, -0.2) is 21.1 Å². The number of nitrogens with two attached hydrogens (primary N) is 1. The quantitative estimate of drug-likeness (QED) is 0.897. The fraction of sp³-hybridized carbons (Fsp3) is 0.769. The minimum absolute atomic E-state index is 0.129. The Kier molecular flexibility index (Phi) is 4.51. The molecule has 3 nitrogen and oxygen atoms in total. The van der Waals surface area contributed by atoms with Crippen molar-refractivity contribution in [1.82, 2.24) is 9.55 Å². The van der Waals surface area contributed by atoms with E-state index in [0.717, 1.165) is 6.42 Å². The Morgan fingerprint density at radius 1 is 1.59 bits per heavy atom. The van der Waals surface area contributed by atoms with Crippen molar-refractivity contribution in [2.24, 2.45) is 11.7 Å². The molecule has 0 spiro atoms. The van der Waals surface area contributed by atoms with E-state index in [4.69, 9.17) is 5.73 Å². The molecule has 2 atom stereocenters. The monoisotopic (exact) mass is 253 g/mol. The number of hydrogen-bond donors (Lipinski definition) is 1. The van der Waals surface area contributed by atoms with Gasteiger partial charge in [0.15, 0.2) is 0 Å². The average Bonchev–Trinajstić information content (AvgIpc) is 2.78. The maximum Gasteiger partial charge on any atom is 0.0951 e. The molecule has 1 aliphatic heterocycles. The zero-order valence-corrected chi connectivity index (χ0v) is 11.6. The van der Waals surface area contributed by atoms with E-state index in [9.17, 15) is 0 Å². The van der Waals surface area contributed by atoms with Gasteiger partial charge in [0.1, 0.15) is 0 Å². The van der Waals surface area contributed by atoms with Crippen molar-refractivity contribution >= 4 is 11.8 Å². The summed E-state index contributed by atoms with van der Waals surface area (Å²) in [5.41, 5.74) is 7.49. The van der Waals surface area contributed by atoms with Crippen LogP contribution in [0.15, 0.2) is 12.5 Å². The van der Waals surface area contributed by atoms with Gasteiger partial charge in [-0.25, -0.2) is 4.98 Å². The van der Waals surface area contributed by atoms with E-state index >= 15 is 0 Å². The van der Waals surface area contributed by atoms with E-state index in [1.54, 1.807) is 0 Å². The summed E-state index contributed by atoms with van der Waals surface area (Å²) in [6.07, 6.45) is 7.53. The average molecular weight is 253 g/mol. The summed E-state index contributed by atoms with van der Waals surface area (Å²) in [6, 6.07) is 0.730. The highest BCUT2D eigenvalue weighted by Gasteiger charge is 2.20. The maximum absolute atomic E-state index is 6.28. The largest absolute Gasteiger partial charge is 0.329 e. The highest BCUT2D eigenvalue weighted by Crippen LogP contribution is 2.30. The second-order valence-corrected chi connectivity index (χ2v) is 6.48. The number of imidazole rings is 1. The van der Waals surface area contributed by atoms with Gasteiger partial charge in [0.2, 0.25) is 0 Å². The summed E-state index contributed by atoms with van der Waals surface area (Å²) in [7, 11) is 0. The van der Waals surface area contributed by atoms with Crippen LogP contribution in [0.1, 0.15) is 50.9 Å². The van der Waals surface area contributed by atoms with Crippen molar-refractivity contribution in [2.45, 2.75) is 45.2 Å². The molecule has 0 aromatic carbocycles. The molecule has 2 heterocycles. The minimum Gasteiger partial charge on any atom is -0.329 e. The van der Waals surface area contributed by atoms with E-state index in [1.807, 2.05) is 24.3 Å². The molecule has 2 unspecified atom stereocenters. The minimum atomic E-state index is 0.129. The van der Waals surface area contributed by atoms with Gasteiger partial charge in [-0.3, -0.25) is 0 Å². The molecular weight excluding hydrogens is 230 g/mol. The number of rotatable bonds is 4.